The van der Waals surface area contributed by atoms with Gasteiger partial charge in [-0.2, -0.15) is 0 Å². The van der Waals surface area contributed by atoms with Crippen LogP contribution in [0.5, 0.6) is 5.75 Å². The molecule has 2 nitrogen and oxygen atoms in total. The summed E-state index contributed by atoms with van der Waals surface area (Å²) in [5, 5.41) is 4.12. The fraction of sp³-hybridized carbons (Fsp3) is 0.571. The topological polar surface area (TPSA) is 21.3 Å². The van der Waals surface area contributed by atoms with Crippen LogP contribution in [0.25, 0.3) is 0 Å². The number of nitrogens with one attached hydrogen (secondary N) is 1. The van der Waals surface area contributed by atoms with E-state index in [-0.39, 0.29) is 0 Å². The molecule has 0 radical (unpaired) electrons. The lowest BCUT2D eigenvalue weighted by molar-refractivity contribution is 0.313. The van der Waals surface area contributed by atoms with Gasteiger partial charge in [-0.3, -0.25) is 0 Å². The standard InChI is InChI=1S/C14H22ClNO/c1-2-3-4-5-10-16-11-12-17-14-8-6-13(15)7-9-14/h6-9,16H,2-5,10-12H2,1H3. The van der Waals surface area contributed by atoms with Gasteiger partial charge in [-0.05, 0) is 37.2 Å². The van der Waals surface area contributed by atoms with Gasteiger partial charge < -0.3 is 10.1 Å². The number of hydrogen-bond acceptors (Lipinski definition) is 2. The molecule has 0 aliphatic rings. The molecule has 0 saturated heterocycles. The first-order valence-corrected chi connectivity index (χ1v) is 6.80. The van der Waals surface area contributed by atoms with Crippen LogP contribution in [0.2, 0.25) is 5.02 Å². The van der Waals surface area contributed by atoms with E-state index in [2.05, 4.69) is 12.2 Å². The number of ether oxygens (including phenoxy) is 1. The van der Waals surface area contributed by atoms with Gasteiger partial charge in [0.1, 0.15) is 12.4 Å². The lowest BCUT2D eigenvalue weighted by Gasteiger charge is -2.07. The van der Waals surface area contributed by atoms with Gasteiger partial charge in [0.15, 0.2) is 0 Å². The van der Waals surface area contributed by atoms with E-state index in [1.807, 2.05) is 24.3 Å². The van der Waals surface area contributed by atoms with Crippen LogP contribution in [0, 0.1) is 0 Å². The van der Waals surface area contributed by atoms with Crippen molar-refractivity contribution in [2.75, 3.05) is 19.7 Å². The molecule has 1 aromatic carbocycles. The highest BCUT2D eigenvalue weighted by atomic mass is 35.5. The van der Waals surface area contributed by atoms with Crippen LogP contribution in [0.4, 0.5) is 0 Å². The Morgan fingerprint density at radius 2 is 1.82 bits per heavy atom. The maximum Gasteiger partial charge on any atom is 0.119 e. The molecular formula is C14H22ClNO. The predicted octanol–water partition coefficient (Wildman–Crippen LogP) is 3.89. The summed E-state index contributed by atoms with van der Waals surface area (Å²) in [6.45, 7) is 4.92. The molecule has 17 heavy (non-hydrogen) atoms. The number of rotatable bonds is 9. The summed E-state index contributed by atoms with van der Waals surface area (Å²) in [4.78, 5) is 0. The van der Waals surface area contributed by atoms with Gasteiger partial charge in [-0.15, -0.1) is 0 Å². The van der Waals surface area contributed by atoms with E-state index < -0.39 is 0 Å². The predicted molar refractivity (Wildman–Crippen MR) is 74.0 cm³/mol. The van der Waals surface area contributed by atoms with Gasteiger partial charge in [-0.1, -0.05) is 37.8 Å². The first-order chi connectivity index (χ1) is 8.33. The van der Waals surface area contributed by atoms with Crippen LogP contribution in [-0.4, -0.2) is 19.7 Å². The van der Waals surface area contributed by atoms with Crippen molar-refractivity contribution in [1.82, 2.24) is 5.32 Å². The SMILES string of the molecule is CCCCCCNCCOc1ccc(Cl)cc1. The molecule has 0 unspecified atom stereocenters. The van der Waals surface area contributed by atoms with Crippen molar-refractivity contribution in [2.24, 2.45) is 0 Å². The second-order valence-electron chi connectivity index (χ2n) is 4.11. The number of benzene rings is 1. The molecule has 0 amide bonds. The fourth-order valence-corrected chi connectivity index (χ4v) is 1.70. The van der Waals surface area contributed by atoms with Crippen molar-refractivity contribution in [3.05, 3.63) is 29.3 Å². The Hall–Kier alpha value is -0.730. The van der Waals surface area contributed by atoms with E-state index in [4.69, 9.17) is 16.3 Å². The van der Waals surface area contributed by atoms with E-state index in [9.17, 15) is 0 Å². The molecule has 0 aliphatic carbocycles. The second kappa shape index (κ2) is 9.32. The van der Waals surface area contributed by atoms with Gasteiger partial charge in [0.25, 0.3) is 0 Å². The van der Waals surface area contributed by atoms with Crippen molar-refractivity contribution >= 4 is 11.6 Å². The Balaban J connectivity index is 1.95. The third-order valence-electron chi connectivity index (χ3n) is 2.57. The lowest BCUT2D eigenvalue weighted by Crippen LogP contribution is -2.22. The quantitative estimate of drug-likeness (QED) is 0.676. The highest BCUT2D eigenvalue weighted by Gasteiger charge is 1.93. The van der Waals surface area contributed by atoms with Crippen molar-refractivity contribution < 1.29 is 4.74 Å². The Morgan fingerprint density at radius 3 is 2.53 bits per heavy atom. The molecule has 0 aliphatic heterocycles. The highest BCUT2D eigenvalue weighted by molar-refractivity contribution is 6.30. The molecule has 0 fully saturated rings. The average Bonchev–Trinajstić information content (AvgIpc) is 2.35. The van der Waals surface area contributed by atoms with Gasteiger partial charge in [-0.25, -0.2) is 0 Å². The summed E-state index contributed by atoms with van der Waals surface area (Å²) in [7, 11) is 0. The van der Waals surface area contributed by atoms with Crippen LogP contribution < -0.4 is 10.1 Å². The largest absolute Gasteiger partial charge is 0.492 e. The summed E-state index contributed by atoms with van der Waals surface area (Å²) in [5.74, 6) is 0.877. The zero-order valence-corrected chi connectivity index (χ0v) is 11.3. The third-order valence-corrected chi connectivity index (χ3v) is 2.82. The smallest absolute Gasteiger partial charge is 0.119 e. The summed E-state index contributed by atoms with van der Waals surface area (Å²) in [5.41, 5.74) is 0. The number of unbranched alkanes of at least 4 members (excludes halogenated alkanes) is 3. The molecule has 0 atom stereocenters. The summed E-state index contributed by atoms with van der Waals surface area (Å²) in [6.07, 6.45) is 5.21. The molecule has 1 N–H and O–H groups in total. The van der Waals surface area contributed by atoms with E-state index in [1.54, 1.807) is 0 Å². The summed E-state index contributed by atoms with van der Waals surface area (Å²) >= 11 is 5.79. The second-order valence-corrected chi connectivity index (χ2v) is 4.55. The van der Waals surface area contributed by atoms with Crippen LogP contribution in [-0.2, 0) is 0 Å². The Labute approximate surface area is 109 Å². The van der Waals surface area contributed by atoms with E-state index in [0.717, 1.165) is 23.9 Å². The fourth-order valence-electron chi connectivity index (χ4n) is 1.57. The average molecular weight is 256 g/mol. The zero-order valence-electron chi connectivity index (χ0n) is 10.5. The minimum atomic E-state index is 0.704. The van der Waals surface area contributed by atoms with Crippen LogP contribution >= 0.6 is 11.6 Å². The van der Waals surface area contributed by atoms with E-state index in [0.29, 0.717) is 6.61 Å². The molecular weight excluding hydrogens is 234 g/mol. The minimum absolute atomic E-state index is 0.704. The summed E-state index contributed by atoms with van der Waals surface area (Å²) in [6, 6.07) is 7.47. The molecule has 0 aromatic heterocycles. The molecule has 3 heteroatoms. The third kappa shape index (κ3) is 7.24. The molecule has 0 bridgehead atoms. The van der Waals surface area contributed by atoms with Crippen molar-refractivity contribution in [2.45, 2.75) is 32.6 Å². The van der Waals surface area contributed by atoms with Crippen molar-refractivity contribution in [3.63, 3.8) is 0 Å². The Bertz CT molecular complexity index is 287. The van der Waals surface area contributed by atoms with Gasteiger partial charge in [0.05, 0.1) is 0 Å². The maximum absolute atomic E-state index is 5.79. The normalized spacial score (nSPS) is 10.5. The van der Waals surface area contributed by atoms with Crippen LogP contribution in [0.3, 0.4) is 0 Å². The van der Waals surface area contributed by atoms with Gasteiger partial charge in [0.2, 0.25) is 0 Å². The number of hydrogen-bond donors (Lipinski definition) is 1. The minimum Gasteiger partial charge on any atom is -0.492 e. The van der Waals surface area contributed by atoms with Crippen LogP contribution in [0.1, 0.15) is 32.6 Å². The first-order valence-electron chi connectivity index (χ1n) is 6.42. The van der Waals surface area contributed by atoms with Gasteiger partial charge in [0, 0.05) is 11.6 Å². The summed E-state index contributed by atoms with van der Waals surface area (Å²) < 4.78 is 5.57. The van der Waals surface area contributed by atoms with E-state index >= 15 is 0 Å². The van der Waals surface area contributed by atoms with E-state index in [1.165, 1.54) is 25.7 Å². The van der Waals surface area contributed by atoms with Gasteiger partial charge >= 0.3 is 0 Å². The Morgan fingerprint density at radius 1 is 1.06 bits per heavy atom. The molecule has 0 spiro atoms. The molecule has 96 valence electrons. The molecule has 0 saturated carbocycles. The molecule has 1 rings (SSSR count). The highest BCUT2D eigenvalue weighted by Crippen LogP contribution is 2.14. The monoisotopic (exact) mass is 255 g/mol. The van der Waals surface area contributed by atoms with Crippen molar-refractivity contribution in [3.8, 4) is 5.75 Å². The molecule has 0 heterocycles. The van der Waals surface area contributed by atoms with Crippen LogP contribution in [0.15, 0.2) is 24.3 Å². The maximum atomic E-state index is 5.79. The molecule has 1 aromatic rings. The van der Waals surface area contributed by atoms with Crippen molar-refractivity contribution in [1.29, 1.82) is 0 Å². The lowest BCUT2D eigenvalue weighted by atomic mass is 10.2. The Kier molecular flexibility index (Phi) is 7.85. The first kappa shape index (κ1) is 14.3. The zero-order chi connectivity index (χ0) is 12.3. The number of halogens is 1.